The second-order valence-electron chi connectivity index (χ2n) is 4.76. The third-order valence-corrected chi connectivity index (χ3v) is 2.78. The first-order valence-electron chi connectivity index (χ1n) is 7.49. The molecule has 0 heterocycles. The molecule has 8 nitrogen and oxygen atoms in total. The van der Waals surface area contributed by atoms with Gasteiger partial charge in [0, 0.05) is 25.6 Å². The van der Waals surface area contributed by atoms with E-state index in [0.717, 1.165) is 0 Å². The van der Waals surface area contributed by atoms with Crippen molar-refractivity contribution < 1.29 is 28.5 Å². The van der Waals surface area contributed by atoms with Crippen LogP contribution in [0.1, 0.15) is 0 Å². The number of nitrogens with one attached hydrogen (secondary N) is 2. The smallest absolute Gasteiger partial charge is 0.250 e. The summed E-state index contributed by atoms with van der Waals surface area (Å²) >= 11 is 0. The quantitative estimate of drug-likeness (QED) is 0.549. The van der Waals surface area contributed by atoms with E-state index in [9.17, 15) is 9.59 Å². The number of amides is 2. The second kappa shape index (κ2) is 12.4. The SMILES string of the molecule is COCCOCC(=O)Nc1ccc(NC(=O)COCCOC)cc1. The number of hydrogen-bond donors (Lipinski definition) is 2. The average molecular weight is 340 g/mol. The van der Waals surface area contributed by atoms with Crippen molar-refractivity contribution in [1.82, 2.24) is 0 Å². The van der Waals surface area contributed by atoms with Crippen molar-refractivity contribution in [3.63, 3.8) is 0 Å². The van der Waals surface area contributed by atoms with E-state index in [0.29, 0.717) is 37.8 Å². The number of carbonyl (C=O) groups excluding carboxylic acids is 2. The minimum absolute atomic E-state index is 0.0410. The Morgan fingerprint density at radius 3 is 1.46 bits per heavy atom. The van der Waals surface area contributed by atoms with Crippen LogP contribution in [0.4, 0.5) is 11.4 Å². The first kappa shape index (κ1) is 20.0. The van der Waals surface area contributed by atoms with Gasteiger partial charge in [0.25, 0.3) is 0 Å². The van der Waals surface area contributed by atoms with Gasteiger partial charge in [-0.15, -0.1) is 0 Å². The molecule has 2 amide bonds. The Labute approximate surface area is 141 Å². The Kier molecular flexibility index (Phi) is 10.4. The van der Waals surface area contributed by atoms with Crippen LogP contribution in [0.5, 0.6) is 0 Å². The highest BCUT2D eigenvalue weighted by atomic mass is 16.5. The fraction of sp³-hybridized carbons (Fsp3) is 0.500. The van der Waals surface area contributed by atoms with Crippen molar-refractivity contribution in [2.24, 2.45) is 0 Å². The highest BCUT2D eigenvalue weighted by molar-refractivity contribution is 5.93. The molecule has 0 unspecified atom stereocenters. The van der Waals surface area contributed by atoms with Crippen molar-refractivity contribution in [3.05, 3.63) is 24.3 Å². The molecule has 134 valence electrons. The molecule has 0 aliphatic carbocycles. The average Bonchev–Trinajstić information content (AvgIpc) is 2.57. The summed E-state index contributed by atoms with van der Waals surface area (Å²) in [7, 11) is 3.13. The van der Waals surface area contributed by atoms with Crippen molar-refractivity contribution in [2.75, 3.05) is 64.5 Å². The molecule has 1 rings (SSSR count). The lowest BCUT2D eigenvalue weighted by molar-refractivity contribution is -0.121. The molecule has 0 atom stereocenters. The molecule has 0 fully saturated rings. The van der Waals surface area contributed by atoms with Gasteiger partial charge < -0.3 is 29.6 Å². The molecule has 2 N–H and O–H groups in total. The van der Waals surface area contributed by atoms with Gasteiger partial charge in [0.2, 0.25) is 11.8 Å². The van der Waals surface area contributed by atoms with E-state index < -0.39 is 0 Å². The zero-order valence-electron chi connectivity index (χ0n) is 14.0. The first-order valence-corrected chi connectivity index (χ1v) is 7.49. The van der Waals surface area contributed by atoms with Crippen LogP contribution in [0.2, 0.25) is 0 Å². The van der Waals surface area contributed by atoms with E-state index in [1.54, 1.807) is 38.5 Å². The molecule has 0 spiro atoms. The van der Waals surface area contributed by atoms with Crippen molar-refractivity contribution in [1.29, 1.82) is 0 Å². The van der Waals surface area contributed by atoms with Crippen LogP contribution in [-0.4, -0.2) is 65.7 Å². The molecule has 0 radical (unpaired) electrons. The number of hydrogen-bond acceptors (Lipinski definition) is 6. The predicted molar refractivity (Wildman–Crippen MR) is 89.1 cm³/mol. The Balaban J connectivity index is 2.29. The molecule has 0 saturated heterocycles. The van der Waals surface area contributed by atoms with Crippen molar-refractivity contribution in [2.45, 2.75) is 0 Å². The molecule has 1 aromatic rings. The Bertz CT molecular complexity index is 447. The summed E-state index contributed by atoms with van der Waals surface area (Å²) < 4.78 is 19.9. The maximum atomic E-state index is 11.6. The molecule has 0 aromatic heterocycles. The fourth-order valence-electron chi connectivity index (χ4n) is 1.65. The van der Waals surface area contributed by atoms with Gasteiger partial charge in [-0.3, -0.25) is 9.59 Å². The van der Waals surface area contributed by atoms with Crippen molar-refractivity contribution >= 4 is 23.2 Å². The number of methoxy groups -OCH3 is 2. The van der Waals surface area contributed by atoms with Gasteiger partial charge in [-0.2, -0.15) is 0 Å². The standard InChI is InChI=1S/C16H24N2O6/c1-21-7-9-23-11-15(19)17-13-3-5-14(6-4-13)18-16(20)12-24-10-8-22-2/h3-6H,7-12H2,1-2H3,(H,17,19)(H,18,20). The van der Waals surface area contributed by atoms with Crippen LogP contribution in [0.3, 0.4) is 0 Å². The minimum atomic E-state index is -0.255. The Hall–Kier alpha value is -2.00. The zero-order chi connectivity index (χ0) is 17.6. The van der Waals surface area contributed by atoms with Gasteiger partial charge in [-0.25, -0.2) is 0 Å². The summed E-state index contributed by atoms with van der Waals surface area (Å²) in [4.78, 5) is 23.3. The maximum Gasteiger partial charge on any atom is 0.250 e. The van der Waals surface area contributed by atoms with E-state index in [-0.39, 0.29) is 25.0 Å². The Morgan fingerprint density at radius 1 is 0.750 bits per heavy atom. The predicted octanol–water partition coefficient (Wildman–Crippen LogP) is 0.890. The molecule has 0 aliphatic heterocycles. The number of ether oxygens (including phenoxy) is 4. The fourth-order valence-corrected chi connectivity index (χ4v) is 1.65. The lowest BCUT2D eigenvalue weighted by Crippen LogP contribution is -2.20. The first-order chi connectivity index (χ1) is 11.7. The summed E-state index contributed by atoms with van der Waals surface area (Å²) in [6, 6.07) is 6.76. The van der Waals surface area contributed by atoms with E-state index in [2.05, 4.69) is 10.6 Å². The van der Waals surface area contributed by atoms with E-state index in [1.165, 1.54) is 0 Å². The van der Waals surface area contributed by atoms with Gasteiger partial charge in [-0.05, 0) is 24.3 Å². The molecule has 0 bridgehead atoms. The number of anilines is 2. The highest BCUT2D eigenvalue weighted by Crippen LogP contribution is 2.13. The summed E-state index contributed by atoms with van der Waals surface area (Å²) in [5, 5.41) is 5.38. The molecule has 0 saturated carbocycles. The molecule has 1 aromatic carbocycles. The normalized spacial score (nSPS) is 10.4. The lowest BCUT2D eigenvalue weighted by atomic mass is 10.2. The Morgan fingerprint density at radius 2 is 1.12 bits per heavy atom. The van der Waals surface area contributed by atoms with Gasteiger partial charge in [-0.1, -0.05) is 0 Å². The van der Waals surface area contributed by atoms with Crippen LogP contribution in [0.25, 0.3) is 0 Å². The zero-order valence-corrected chi connectivity index (χ0v) is 14.0. The van der Waals surface area contributed by atoms with E-state index >= 15 is 0 Å². The molecular weight excluding hydrogens is 316 g/mol. The molecule has 24 heavy (non-hydrogen) atoms. The minimum Gasteiger partial charge on any atom is -0.382 e. The summed E-state index contributed by atoms with van der Waals surface area (Å²) in [5.41, 5.74) is 1.23. The maximum absolute atomic E-state index is 11.6. The van der Waals surface area contributed by atoms with Crippen LogP contribution < -0.4 is 10.6 Å². The van der Waals surface area contributed by atoms with Crippen LogP contribution in [0.15, 0.2) is 24.3 Å². The largest absolute Gasteiger partial charge is 0.382 e. The van der Waals surface area contributed by atoms with Crippen LogP contribution in [-0.2, 0) is 28.5 Å². The van der Waals surface area contributed by atoms with E-state index in [1.807, 2.05) is 0 Å². The van der Waals surface area contributed by atoms with Gasteiger partial charge in [0.05, 0.1) is 26.4 Å². The highest BCUT2D eigenvalue weighted by Gasteiger charge is 2.05. The summed E-state index contributed by atoms with van der Waals surface area (Å²) in [6.45, 7) is 1.53. The van der Waals surface area contributed by atoms with Crippen molar-refractivity contribution in [3.8, 4) is 0 Å². The van der Waals surface area contributed by atoms with Crippen LogP contribution in [0, 0.1) is 0 Å². The summed E-state index contributed by atoms with van der Waals surface area (Å²) in [6.07, 6.45) is 0. The third-order valence-electron chi connectivity index (χ3n) is 2.78. The third kappa shape index (κ3) is 9.21. The number of carbonyl (C=O) groups is 2. The topological polar surface area (TPSA) is 95.1 Å². The molecule has 8 heteroatoms. The summed E-state index contributed by atoms with van der Waals surface area (Å²) in [5.74, 6) is -0.510. The molecular formula is C16H24N2O6. The van der Waals surface area contributed by atoms with Gasteiger partial charge in [0.15, 0.2) is 0 Å². The molecule has 0 aliphatic rings. The lowest BCUT2D eigenvalue weighted by Gasteiger charge is -2.08. The van der Waals surface area contributed by atoms with Gasteiger partial charge >= 0.3 is 0 Å². The monoisotopic (exact) mass is 340 g/mol. The van der Waals surface area contributed by atoms with Gasteiger partial charge in [0.1, 0.15) is 13.2 Å². The number of rotatable bonds is 12. The van der Waals surface area contributed by atoms with Crippen LogP contribution >= 0.6 is 0 Å². The second-order valence-corrected chi connectivity index (χ2v) is 4.76. The number of benzene rings is 1. The van der Waals surface area contributed by atoms with E-state index in [4.69, 9.17) is 18.9 Å².